The summed E-state index contributed by atoms with van der Waals surface area (Å²) in [4.78, 5) is 3.75. The lowest BCUT2D eigenvalue weighted by Gasteiger charge is -2.11. The largest absolute Gasteiger partial charge is 0.392 e. The third kappa shape index (κ3) is 2.26. The quantitative estimate of drug-likeness (QED) is 0.563. The molecule has 14 heavy (non-hydrogen) atoms. The van der Waals surface area contributed by atoms with Crippen molar-refractivity contribution in [3.05, 3.63) is 29.6 Å². The van der Waals surface area contributed by atoms with Crippen molar-refractivity contribution in [1.29, 1.82) is 5.26 Å². The van der Waals surface area contributed by atoms with Gasteiger partial charge in [-0.15, -0.1) is 0 Å². The molecular weight excluding hydrogens is 184 g/mol. The van der Waals surface area contributed by atoms with E-state index in [1.807, 2.05) is 0 Å². The van der Waals surface area contributed by atoms with Crippen LogP contribution in [0.1, 0.15) is 17.2 Å². The first-order valence-electron chi connectivity index (χ1n) is 3.99. The van der Waals surface area contributed by atoms with Gasteiger partial charge in [0.2, 0.25) is 0 Å². The zero-order valence-electron chi connectivity index (χ0n) is 7.33. The number of hydrogen-bond donors (Lipinski definition) is 3. The van der Waals surface area contributed by atoms with Crippen molar-refractivity contribution in [3.63, 3.8) is 0 Å². The van der Waals surface area contributed by atoms with Crippen LogP contribution in [0.25, 0.3) is 0 Å². The maximum Gasteiger partial charge on any atom is 0.170 e. The Hall–Kier alpha value is -1.48. The van der Waals surface area contributed by atoms with Gasteiger partial charge in [0, 0.05) is 18.0 Å². The topological polar surface area (TPSA) is 97.4 Å². The van der Waals surface area contributed by atoms with E-state index in [0.717, 1.165) is 0 Å². The molecule has 74 valence electrons. The van der Waals surface area contributed by atoms with Gasteiger partial charge in [0.25, 0.3) is 0 Å². The summed E-state index contributed by atoms with van der Waals surface area (Å²) in [6, 6.07) is 3.00. The highest BCUT2D eigenvalue weighted by Crippen LogP contribution is 2.16. The molecule has 0 saturated heterocycles. The van der Waals surface area contributed by atoms with Crippen LogP contribution in [0.15, 0.2) is 18.5 Å². The Labute approximate surface area is 80.9 Å². The van der Waals surface area contributed by atoms with E-state index in [4.69, 9.17) is 15.5 Å². The Kier molecular flexibility index (Phi) is 3.54. The normalized spacial score (nSPS) is 14.4. The number of nitrogens with zero attached hydrogens (tertiary/aromatic N) is 2. The van der Waals surface area contributed by atoms with Crippen LogP contribution in [0.4, 0.5) is 0 Å². The lowest BCUT2D eigenvalue weighted by atomic mass is 10.1. The minimum absolute atomic E-state index is 0.198. The SMILES string of the molecule is N#CC(O)C(O)c1cncc(CO)c1. The number of hydrogen-bond acceptors (Lipinski definition) is 5. The molecule has 0 aliphatic heterocycles. The molecule has 5 nitrogen and oxygen atoms in total. The highest BCUT2D eigenvalue weighted by Gasteiger charge is 2.17. The molecule has 0 amide bonds. The fourth-order valence-corrected chi connectivity index (χ4v) is 1.01. The molecule has 2 atom stereocenters. The van der Waals surface area contributed by atoms with E-state index in [9.17, 15) is 5.11 Å². The van der Waals surface area contributed by atoms with Crippen molar-refractivity contribution in [1.82, 2.24) is 4.98 Å². The van der Waals surface area contributed by atoms with Crippen LogP contribution in [0.3, 0.4) is 0 Å². The zero-order valence-corrected chi connectivity index (χ0v) is 7.33. The van der Waals surface area contributed by atoms with Gasteiger partial charge < -0.3 is 15.3 Å². The fraction of sp³-hybridized carbons (Fsp3) is 0.333. The van der Waals surface area contributed by atoms with Gasteiger partial charge >= 0.3 is 0 Å². The first kappa shape index (κ1) is 10.6. The second-order valence-electron chi connectivity index (χ2n) is 2.80. The van der Waals surface area contributed by atoms with E-state index in [0.29, 0.717) is 11.1 Å². The molecule has 0 aromatic carbocycles. The number of pyridine rings is 1. The molecule has 1 aromatic heterocycles. The molecular formula is C9H10N2O3. The number of aliphatic hydroxyl groups is 3. The molecule has 0 aliphatic carbocycles. The van der Waals surface area contributed by atoms with Crippen LogP contribution in [-0.2, 0) is 6.61 Å². The Morgan fingerprint density at radius 2 is 2.14 bits per heavy atom. The molecule has 0 radical (unpaired) electrons. The van der Waals surface area contributed by atoms with Gasteiger partial charge in [-0.1, -0.05) is 0 Å². The number of aliphatic hydroxyl groups excluding tert-OH is 3. The third-order valence-electron chi connectivity index (χ3n) is 1.77. The standard InChI is InChI=1S/C9H10N2O3/c10-2-8(13)9(14)7-1-6(5-12)3-11-4-7/h1,3-4,8-9,12-14H,5H2. The molecule has 1 rings (SSSR count). The van der Waals surface area contributed by atoms with Gasteiger partial charge in [-0.05, 0) is 11.6 Å². The monoisotopic (exact) mass is 194 g/mol. The predicted molar refractivity (Wildman–Crippen MR) is 46.7 cm³/mol. The molecule has 1 aromatic rings. The first-order chi connectivity index (χ1) is 6.69. The highest BCUT2D eigenvalue weighted by atomic mass is 16.3. The Morgan fingerprint density at radius 3 is 2.71 bits per heavy atom. The molecule has 3 N–H and O–H groups in total. The average Bonchev–Trinajstić information content (AvgIpc) is 2.27. The predicted octanol–water partition coefficient (Wildman–Crippen LogP) is -0.508. The van der Waals surface area contributed by atoms with Crippen molar-refractivity contribution >= 4 is 0 Å². The van der Waals surface area contributed by atoms with Crippen molar-refractivity contribution in [3.8, 4) is 6.07 Å². The average molecular weight is 194 g/mol. The second kappa shape index (κ2) is 4.67. The van der Waals surface area contributed by atoms with E-state index in [-0.39, 0.29) is 6.61 Å². The summed E-state index contributed by atoms with van der Waals surface area (Å²) in [7, 11) is 0. The molecule has 1 heterocycles. The minimum atomic E-state index is -1.48. The molecule has 0 aliphatic rings. The van der Waals surface area contributed by atoms with Gasteiger partial charge in [-0.2, -0.15) is 5.26 Å². The van der Waals surface area contributed by atoms with Crippen molar-refractivity contribution < 1.29 is 15.3 Å². The van der Waals surface area contributed by atoms with E-state index in [2.05, 4.69) is 4.98 Å². The van der Waals surface area contributed by atoms with Gasteiger partial charge in [-0.3, -0.25) is 4.98 Å². The third-order valence-corrected chi connectivity index (χ3v) is 1.77. The van der Waals surface area contributed by atoms with E-state index in [1.165, 1.54) is 24.5 Å². The zero-order chi connectivity index (χ0) is 10.6. The first-order valence-corrected chi connectivity index (χ1v) is 3.99. The summed E-state index contributed by atoms with van der Waals surface area (Å²) in [6.45, 7) is -0.198. The summed E-state index contributed by atoms with van der Waals surface area (Å²) in [6.07, 6.45) is 0.00376. The highest BCUT2D eigenvalue weighted by molar-refractivity contribution is 5.21. The van der Waals surface area contributed by atoms with Crippen LogP contribution < -0.4 is 0 Å². The van der Waals surface area contributed by atoms with Crippen LogP contribution in [-0.4, -0.2) is 26.4 Å². The van der Waals surface area contributed by atoms with Crippen LogP contribution in [0, 0.1) is 11.3 Å². The molecule has 0 spiro atoms. The summed E-state index contributed by atoms with van der Waals surface area (Å²) in [5.41, 5.74) is 0.831. The molecule has 5 heteroatoms. The number of aromatic nitrogens is 1. The second-order valence-corrected chi connectivity index (χ2v) is 2.80. The summed E-state index contributed by atoms with van der Waals surface area (Å²) < 4.78 is 0. The minimum Gasteiger partial charge on any atom is -0.392 e. The van der Waals surface area contributed by atoms with E-state index >= 15 is 0 Å². The Balaban J connectivity index is 2.90. The van der Waals surface area contributed by atoms with Crippen molar-refractivity contribution in [2.24, 2.45) is 0 Å². The molecule has 0 bridgehead atoms. The molecule has 0 fully saturated rings. The Morgan fingerprint density at radius 1 is 1.43 bits per heavy atom. The van der Waals surface area contributed by atoms with Gasteiger partial charge in [0.1, 0.15) is 6.10 Å². The lowest BCUT2D eigenvalue weighted by molar-refractivity contribution is 0.0524. The smallest absolute Gasteiger partial charge is 0.170 e. The summed E-state index contributed by atoms with van der Waals surface area (Å²) in [5.74, 6) is 0. The molecule has 0 saturated carbocycles. The van der Waals surface area contributed by atoms with E-state index < -0.39 is 12.2 Å². The number of nitriles is 1. The van der Waals surface area contributed by atoms with Crippen molar-refractivity contribution in [2.75, 3.05) is 0 Å². The van der Waals surface area contributed by atoms with Gasteiger partial charge in [0.05, 0.1) is 12.7 Å². The van der Waals surface area contributed by atoms with Gasteiger partial charge in [-0.25, -0.2) is 0 Å². The molecule has 2 unspecified atom stereocenters. The summed E-state index contributed by atoms with van der Waals surface area (Å²) >= 11 is 0. The maximum atomic E-state index is 9.41. The Bertz CT molecular complexity index is 348. The number of rotatable bonds is 3. The van der Waals surface area contributed by atoms with Crippen LogP contribution in [0.2, 0.25) is 0 Å². The van der Waals surface area contributed by atoms with Crippen molar-refractivity contribution in [2.45, 2.75) is 18.8 Å². The van der Waals surface area contributed by atoms with Crippen LogP contribution in [0.5, 0.6) is 0 Å². The van der Waals surface area contributed by atoms with Gasteiger partial charge in [0.15, 0.2) is 6.10 Å². The van der Waals surface area contributed by atoms with E-state index in [1.54, 1.807) is 0 Å². The fourth-order valence-electron chi connectivity index (χ4n) is 1.01. The lowest BCUT2D eigenvalue weighted by Crippen LogP contribution is -2.16. The summed E-state index contributed by atoms with van der Waals surface area (Å²) in [5, 5.41) is 35.6. The van der Waals surface area contributed by atoms with Crippen LogP contribution >= 0.6 is 0 Å². The maximum absolute atomic E-state index is 9.41.